The summed E-state index contributed by atoms with van der Waals surface area (Å²) in [5.74, 6) is -0.507. The first kappa shape index (κ1) is 15.6. The SMILES string of the molecule is CC(c1ccccc1F)N(C)Cc1cc(CN)ccc1F. The fourth-order valence-electron chi connectivity index (χ4n) is 2.33. The van der Waals surface area contributed by atoms with E-state index in [1.807, 2.05) is 18.9 Å². The molecular weight excluding hydrogens is 270 g/mol. The van der Waals surface area contributed by atoms with Crippen molar-refractivity contribution in [2.45, 2.75) is 26.1 Å². The normalized spacial score (nSPS) is 12.7. The lowest BCUT2D eigenvalue weighted by Crippen LogP contribution is -2.23. The Hall–Kier alpha value is -1.78. The minimum atomic E-state index is -0.264. The van der Waals surface area contributed by atoms with Gasteiger partial charge in [0.25, 0.3) is 0 Å². The lowest BCUT2D eigenvalue weighted by atomic mass is 10.0. The minimum Gasteiger partial charge on any atom is -0.326 e. The molecule has 2 rings (SSSR count). The monoisotopic (exact) mass is 290 g/mol. The second-order valence-corrected chi connectivity index (χ2v) is 5.24. The first-order valence-electron chi connectivity index (χ1n) is 6.95. The fourth-order valence-corrected chi connectivity index (χ4v) is 2.33. The first-order valence-corrected chi connectivity index (χ1v) is 6.95. The number of benzene rings is 2. The average Bonchev–Trinajstić information content (AvgIpc) is 2.49. The summed E-state index contributed by atoms with van der Waals surface area (Å²) in [6, 6.07) is 11.4. The molecule has 0 aromatic heterocycles. The van der Waals surface area contributed by atoms with Crippen LogP contribution in [0.3, 0.4) is 0 Å². The van der Waals surface area contributed by atoms with Crippen molar-refractivity contribution in [1.29, 1.82) is 0 Å². The predicted octanol–water partition coefficient (Wildman–Crippen LogP) is 3.62. The van der Waals surface area contributed by atoms with E-state index < -0.39 is 0 Å². The third kappa shape index (κ3) is 3.65. The number of rotatable bonds is 5. The molecule has 0 saturated carbocycles. The summed E-state index contributed by atoms with van der Waals surface area (Å²) in [6.45, 7) is 2.68. The molecule has 2 aromatic rings. The number of hydrogen-bond donors (Lipinski definition) is 1. The van der Waals surface area contributed by atoms with Crippen LogP contribution in [-0.2, 0) is 13.1 Å². The lowest BCUT2D eigenvalue weighted by Gasteiger charge is -2.25. The minimum absolute atomic E-state index is 0.146. The highest BCUT2D eigenvalue weighted by molar-refractivity contribution is 5.26. The van der Waals surface area contributed by atoms with Gasteiger partial charge in [-0.15, -0.1) is 0 Å². The van der Waals surface area contributed by atoms with E-state index in [0.717, 1.165) is 5.56 Å². The molecule has 0 saturated heterocycles. The summed E-state index contributed by atoms with van der Waals surface area (Å²) in [5, 5.41) is 0. The van der Waals surface area contributed by atoms with E-state index in [-0.39, 0.29) is 17.7 Å². The second kappa shape index (κ2) is 6.78. The van der Waals surface area contributed by atoms with Crippen molar-refractivity contribution in [3.8, 4) is 0 Å². The summed E-state index contributed by atoms with van der Waals surface area (Å²) < 4.78 is 27.7. The van der Waals surface area contributed by atoms with Crippen molar-refractivity contribution in [1.82, 2.24) is 4.90 Å². The Kier molecular flexibility index (Phi) is 5.04. The van der Waals surface area contributed by atoms with Crippen molar-refractivity contribution >= 4 is 0 Å². The Morgan fingerprint density at radius 2 is 1.81 bits per heavy atom. The zero-order valence-corrected chi connectivity index (χ0v) is 12.3. The third-order valence-electron chi connectivity index (χ3n) is 3.78. The quantitative estimate of drug-likeness (QED) is 0.911. The Morgan fingerprint density at radius 3 is 2.48 bits per heavy atom. The highest BCUT2D eigenvalue weighted by atomic mass is 19.1. The molecule has 2 N–H and O–H groups in total. The van der Waals surface area contributed by atoms with Crippen LogP contribution in [0.15, 0.2) is 42.5 Å². The topological polar surface area (TPSA) is 29.3 Å². The van der Waals surface area contributed by atoms with Crippen LogP contribution in [0, 0.1) is 11.6 Å². The molecule has 1 atom stereocenters. The zero-order valence-electron chi connectivity index (χ0n) is 12.3. The van der Waals surface area contributed by atoms with E-state index in [4.69, 9.17) is 5.73 Å². The van der Waals surface area contributed by atoms with Gasteiger partial charge in [0.2, 0.25) is 0 Å². The van der Waals surface area contributed by atoms with Crippen molar-refractivity contribution < 1.29 is 8.78 Å². The number of nitrogens with zero attached hydrogens (tertiary/aromatic N) is 1. The Bertz CT molecular complexity index is 613. The van der Waals surface area contributed by atoms with E-state index in [0.29, 0.717) is 24.2 Å². The van der Waals surface area contributed by atoms with Crippen LogP contribution in [0.2, 0.25) is 0 Å². The molecule has 2 nitrogen and oxygen atoms in total. The summed E-state index contributed by atoms with van der Waals surface area (Å²) >= 11 is 0. The van der Waals surface area contributed by atoms with Crippen LogP contribution < -0.4 is 5.73 Å². The standard InChI is InChI=1S/C17H20F2N2/c1-12(15-5-3-4-6-17(15)19)21(2)11-14-9-13(10-20)7-8-16(14)18/h3-9,12H,10-11,20H2,1-2H3. The van der Waals surface area contributed by atoms with Gasteiger partial charge < -0.3 is 5.73 Å². The largest absolute Gasteiger partial charge is 0.326 e. The maximum absolute atomic E-state index is 13.9. The molecule has 2 aromatic carbocycles. The van der Waals surface area contributed by atoms with E-state index in [1.165, 1.54) is 12.1 Å². The number of halogens is 2. The molecule has 1 unspecified atom stereocenters. The van der Waals surface area contributed by atoms with Crippen molar-refractivity contribution in [3.05, 3.63) is 70.8 Å². The van der Waals surface area contributed by atoms with Crippen LogP contribution in [-0.4, -0.2) is 11.9 Å². The first-order chi connectivity index (χ1) is 10.0. The fraction of sp³-hybridized carbons (Fsp3) is 0.294. The van der Waals surface area contributed by atoms with Gasteiger partial charge in [-0.3, -0.25) is 4.90 Å². The summed E-state index contributed by atoms with van der Waals surface area (Å²) in [6.07, 6.45) is 0. The molecule has 0 bridgehead atoms. The van der Waals surface area contributed by atoms with Crippen LogP contribution >= 0.6 is 0 Å². The van der Waals surface area contributed by atoms with E-state index in [9.17, 15) is 8.78 Å². The molecule has 0 aliphatic heterocycles. The average molecular weight is 290 g/mol. The van der Waals surface area contributed by atoms with Gasteiger partial charge in [0.1, 0.15) is 11.6 Å². The van der Waals surface area contributed by atoms with E-state index >= 15 is 0 Å². The molecule has 0 aliphatic carbocycles. The van der Waals surface area contributed by atoms with Crippen molar-refractivity contribution in [2.75, 3.05) is 7.05 Å². The lowest BCUT2D eigenvalue weighted by molar-refractivity contribution is 0.244. The van der Waals surface area contributed by atoms with Gasteiger partial charge in [-0.25, -0.2) is 8.78 Å². The summed E-state index contributed by atoms with van der Waals surface area (Å²) in [7, 11) is 1.85. The molecule has 112 valence electrons. The van der Waals surface area contributed by atoms with Crippen molar-refractivity contribution in [3.63, 3.8) is 0 Å². The van der Waals surface area contributed by atoms with Gasteiger partial charge in [0.05, 0.1) is 0 Å². The molecule has 0 spiro atoms. The summed E-state index contributed by atoms with van der Waals surface area (Å²) in [4.78, 5) is 1.91. The summed E-state index contributed by atoms with van der Waals surface area (Å²) in [5.41, 5.74) is 7.65. The van der Waals surface area contributed by atoms with Gasteiger partial charge in [0, 0.05) is 30.3 Å². The molecule has 4 heteroatoms. The molecule has 0 amide bonds. The molecule has 0 fully saturated rings. The number of hydrogen-bond acceptors (Lipinski definition) is 2. The molecule has 21 heavy (non-hydrogen) atoms. The Morgan fingerprint density at radius 1 is 1.10 bits per heavy atom. The van der Waals surface area contributed by atoms with Crippen LogP contribution in [0.1, 0.15) is 29.7 Å². The van der Waals surface area contributed by atoms with Crippen LogP contribution in [0.5, 0.6) is 0 Å². The van der Waals surface area contributed by atoms with Crippen molar-refractivity contribution in [2.24, 2.45) is 5.73 Å². The highest BCUT2D eigenvalue weighted by Gasteiger charge is 2.16. The second-order valence-electron chi connectivity index (χ2n) is 5.24. The van der Waals surface area contributed by atoms with Crippen LogP contribution in [0.4, 0.5) is 8.78 Å². The highest BCUT2D eigenvalue weighted by Crippen LogP contribution is 2.24. The van der Waals surface area contributed by atoms with E-state index in [1.54, 1.807) is 30.3 Å². The van der Waals surface area contributed by atoms with Gasteiger partial charge in [-0.2, -0.15) is 0 Å². The molecular formula is C17H20F2N2. The van der Waals surface area contributed by atoms with Crippen LogP contribution in [0.25, 0.3) is 0 Å². The van der Waals surface area contributed by atoms with E-state index in [2.05, 4.69) is 0 Å². The number of nitrogens with two attached hydrogens (primary N) is 1. The molecule has 0 aliphatic rings. The Balaban J connectivity index is 2.18. The predicted molar refractivity (Wildman–Crippen MR) is 80.6 cm³/mol. The van der Waals surface area contributed by atoms with Gasteiger partial charge in [-0.1, -0.05) is 30.3 Å². The smallest absolute Gasteiger partial charge is 0.127 e. The van der Waals surface area contributed by atoms with Gasteiger partial charge in [-0.05, 0) is 31.7 Å². The molecule has 0 heterocycles. The maximum atomic E-state index is 13.9. The maximum Gasteiger partial charge on any atom is 0.127 e. The zero-order chi connectivity index (χ0) is 15.4. The van der Waals surface area contributed by atoms with Gasteiger partial charge in [0.15, 0.2) is 0 Å². The van der Waals surface area contributed by atoms with Gasteiger partial charge >= 0.3 is 0 Å². The Labute approximate surface area is 124 Å². The molecule has 0 radical (unpaired) electrons. The third-order valence-corrected chi connectivity index (χ3v) is 3.78.